The van der Waals surface area contributed by atoms with Crippen LogP contribution in [0.2, 0.25) is 0 Å². The summed E-state index contributed by atoms with van der Waals surface area (Å²) in [6.45, 7) is 2.40. The average molecular weight is 240 g/mol. The highest BCUT2D eigenvalue weighted by Gasteiger charge is 2.09. The molecule has 1 aromatic carbocycles. The first-order chi connectivity index (χ1) is 8.13. The number of nitrogens with two attached hydrogens (primary N) is 1. The predicted octanol–water partition coefficient (Wildman–Crippen LogP) is 1.06. The van der Waals surface area contributed by atoms with Crippen LogP contribution in [0.15, 0.2) is 24.3 Å². The van der Waals surface area contributed by atoms with Gasteiger partial charge in [-0.2, -0.15) is 0 Å². The first-order valence-electron chi connectivity index (χ1n) is 5.51. The molecule has 0 saturated heterocycles. The molecule has 0 fully saturated rings. The number of benzene rings is 1. The molecule has 0 aliphatic carbocycles. The fraction of sp³-hybridized carbons (Fsp3) is 0.417. The van der Waals surface area contributed by atoms with E-state index in [9.17, 15) is 9.18 Å². The van der Waals surface area contributed by atoms with E-state index < -0.39 is 5.82 Å². The van der Waals surface area contributed by atoms with Gasteiger partial charge in [-0.05, 0) is 19.1 Å². The highest BCUT2D eigenvalue weighted by atomic mass is 19.1. The molecule has 1 rings (SSSR count). The first-order valence-corrected chi connectivity index (χ1v) is 5.51. The van der Waals surface area contributed by atoms with Crippen molar-refractivity contribution in [3.8, 4) is 5.75 Å². The van der Waals surface area contributed by atoms with Gasteiger partial charge in [-0.3, -0.25) is 4.79 Å². The summed E-state index contributed by atoms with van der Waals surface area (Å²) in [7, 11) is 0. The minimum atomic E-state index is -0.410. The highest BCUT2D eigenvalue weighted by Crippen LogP contribution is 2.16. The number of para-hydroxylation sites is 1. The van der Waals surface area contributed by atoms with Crippen LogP contribution >= 0.6 is 0 Å². The second-order valence-electron chi connectivity index (χ2n) is 3.70. The summed E-state index contributed by atoms with van der Waals surface area (Å²) >= 11 is 0. The van der Waals surface area contributed by atoms with E-state index in [1.165, 1.54) is 6.07 Å². The third-order valence-electron chi connectivity index (χ3n) is 2.12. The van der Waals surface area contributed by atoms with E-state index in [2.05, 4.69) is 5.32 Å². The Hall–Kier alpha value is -1.62. The SMILES string of the molecule is CC(CNC(=O)CCN)Oc1ccccc1F. The Morgan fingerprint density at radius 3 is 2.88 bits per heavy atom. The van der Waals surface area contributed by atoms with E-state index in [4.69, 9.17) is 10.5 Å². The Kier molecular flexibility index (Phi) is 5.42. The lowest BCUT2D eigenvalue weighted by molar-refractivity contribution is -0.121. The van der Waals surface area contributed by atoms with Crippen LogP contribution in [0.25, 0.3) is 0 Å². The number of halogens is 1. The Morgan fingerprint density at radius 2 is 2.24 bits per heavy atom. The van der Waals surface area contributed by atoms with Crippen molar-refractivity contribution < 1.29 is 13.9 Å². The van der Waals surface area contributed by atoms with Crippen molar-refractivity contribution in [3.05, 3.63) is 30.1 Å². The van der Waals surface area contributed by atoms with Crippen LogP contribution in [0, 0.1) is 5.82 Å². The number of carbonyl (C=O) groups excluding carboxylic acids is 1. The van der Waals surface area contributed by atoms with Gasteiger partial charge in [-0.25, -0.2) is 4.39 Å². The molecule has 94 valence electrons. The zero-order valence-corrected chi connectivity index (χ0v) is 9.78. The summed E-state index contributed by atoms with van der Waals surface area (Å²) in [6, 6.07) is 6.16. The molecule has 0 aliphatic rings. The van der Waals surface area contributed by atoms with Gasteiger partial charge in [0.05, 0.1) is 6.54 Å². The van der Waals surface area contributed by atoms with E-state index in [-0.39, 0.29) is 24.2 Å². The van der Waals surface area contributed by atoms with Crippen LogP contribution in [0.3, 0.4) is 0 Å². The fourth-order valence-corrected chi connectivity index (χ4v) is 1.28. The summed E-state index contributed by atoms with van der Waals surface area (Å²) < 4.78 is 18.6. The smallest absolute Gasteiger partial charge is 0.221 e. The molecule has 0 bridgehead atoms. The molecule has 1 amide bonds. The van der Waals surface area contributed by atoms with Gasteiger partial charge in [-0.1, -0.05) is 12.1 Å². The summed E-state index contributed by atoms with van der Waals surface area (Å²) in [5.41, 5.74) is 5.24. The summed E-state index contributed by atoms with van der Waals surface area (Å²) in [5, 5.41) is 2.66. The van der Waals surface area contributed by atoms with Crippen molar-refractivity contribution in [2.45, 2.75) is 19.4 Å². The third-order valence-corrected chi connectivity index (χ3v) is 2.12. The zero-order chi connectivity index (χ0) is 12.7. The molecule has 0 aromatic heterocycles. The van der Waals surface area contributed by atoms with Gasteiger partial charge in [0.1, 0.15) is 6.10 Å². The molecule has 5 heteroatoms. The quantitative estimate of drug-likeness (QED) is 0.781. The number of hydrogen-bond acceptors (Lipinski definition) is 3. The number of amides is 1. The third kappa shape index (κ3) is 4.82. The largest absolute Gasteiger partial charge is 0.486 e. The number of rotatable bonds is 6. The minimum absolute atomic E-state index is 0.128. The van der Waals surface area contributed by atoms with Gasteiger partial charge in [0.2, 0.25) is 5.91 Å². The van der Waals surface area contributed by atoms with E-state index in [1.807, 2.05) is 0 Å². The average Bonchev–Trinajstić information content (AvgIpc) is 2.30. The van der Waals surface area contributed by atoms with Gasteiger partial charge in [-0.15, -0.1) is 0 Å². The second kappa shape index (κ2) is 6.85. The predicted molar refractivity (Wildman–Crippen MR) is 63.2 cm³/mol. The molecule has 1 aromatic rings. The fourth-order valence-electron chi connectivity index (χ4n) is 1.28. The normalized spacial score (nSPS) is 11.9. The lowest BCUT2D eigenvalue weighted by atomic mass is 10.3. The van der Waals surface area contributed by atoms with Crippen molar-refractivity contribution in [2.24, 2.45) is 5.73 Å². The van der Waals surface area contributed by atoms with Crippen LogP contribution in [-0.2, 0) is 4.79 Å². The van der Waals surface area contributed by atoms with E-state index >= 15 is 0 Å². The first kappa shape index (κ1) is 13.4. The van der Waals surface area contributed by atoms with Crippen molar-refractivity contribution in [1.82, 2.24) is 5.32 Å². The van der Waals surface area contributed by atoms with Crippen molar-refractivity contribution >= 4 is 5.91 Å². The molecule has 4 nitrogen and oxygen atoms in total. The molecule has 1 atom stereocenters. The molecule has 17 heavy (non-hydrogen) atoms. The molecular weight excluding hydrogens is 223 g/mol. The number of carbonyl (C=O) groups is 1. The monoisotopic (exact) mass is 240 g/mol. The molecule has 0 saturated carbocycles. The Labute approximate surface area is 100.0 Å². The van der Waals surface area contributed by atoms with Crippen LogP contribution in [0.5, 0.6) is 5.75 Å². The Morgan fingerprint density at radius 1 is 1.53 bits per heavy atom. The van der Waals surface area contributed by atoms with E-state index in [0.29, 0.717) is 13.1 Å². The number of nitrogens with one attached hydrogen (secondary N) is 1. The van der Waals surface area contributed by atoms with Gasteiger partial charge < -0.3 is 15.8 Å². The summed E-state index contributed by atoms with van der Waals surface area (Å²) in [5.74, 6) is -0.350. The molecule has 3 N–H and O–H groups in total. The van der Waals surface area contributed by atoms with E-state index in [0.717, 1.165) is 0 Å². The van der Waals surface area contributed by atoms with Crippen molar-refractivity contribution in [1.29, 1.82) is 0 Å². The standard InChI is InChI=1S/C12H17FN2O2/c1-9(8-15-12(16)6-7-14)17-11-5-3-2-4-10(11)13/h2-5,9H,6-8,14H2,1H3,(H,15,16). The maximum atomic E-state index is 13.2. The minimum Gasteiger partial charge on any atom is -0.486 e. The lowest BCUT2D eigenvalue weighted by Gasteiger charge is -2.15. The zero-order valence-electron chi connectivity index (χ0n) is 9.78. The summed E-state index contributed by atoms with van der Waals surface area (Å²) in [6.07, 6.45) is -0.0134. The van der Waals surface area contributed by atoms with Crippen molar-refractivity contribution in [3.63, 3.8) is 0 Å². The molecule has 0 heterocycles. The second-order valence-corrected chi connectivity index (χ2v) is 3.70. The van der Waals surface area contributed by atoms with Crippen LogP contribution in [0.1, 0.15) is 13.3 Å². The number of ether oxygens (including phenoxy) is 1. The Bertz CT molecular complexity index is 371. The van der Waals surface area contributed by atoms with Gasteiger partial charge in [0.15, 0.2) is 11.6 Å². The van der Waals surface area contributed by atoms with E-state index in [1.54, 1.807) is 25.1 Å². The summed E-state index contributed by atoms with van der Waals surface area (Å²) in [4.78, 5) is 11.1. The van der Waals surface area contributed by atoms with Gasteiger partial charge >= 0.3 is 0 Å². The van der Waals surface area contributed by atoms with Crippen molar-refractivity contribution in [2.75, 3.05) is 13.1 Å². The van der Waals surface area contributed by atoms with Crippen LogP contribution < -0.4 is 15.8 Å². The van der Waals surface area contributed by atoms with Gasteiger partial charge in [0.25, 0.3) is 0 Å². The van der Waals surface area contributed by atoms with Gasteiger partial charge in [0, 0.05) is 13.0 Å². The molecule has 0 aliphatic heterocycles. The number of hydrogen-bond donors (Lipinski definition) is 2. The highest BCUT2D eigenvalue weighted by molar-refractivity contribution is 5.76. The Balaban J connectivity index is 2.37. The van der Waals surface area contributed by atoms with Crippen LogP contribution in [-0.4, -0.2) is 25.1 Å². The molecule has 0 radical (unpaired) electrons. The topological polar surface area (TPSA) is 64.4 Å². The maximum Gasteiger partial charge on any atom is 0.221 e. The molecule has 0 spiro atoms. The molecule has 1 unspecified atom stereocenters. The lowest BCUT2D eigenvalue weighted by Crippen LogP contribution is -2.34. The van der Waals surface area contributed by atoms with Crippen LogP contribution in [0.4, 0.5) is 4.39 Å². The molecular formula is C12H17FN2O2. The maximum absolute atomic E-state index is 13.2.